The van der Waals surface area contributed by atoms with E-state index in [-0.39, 0.29) is 11.7 Å². The zero-order valence-corrected chi connectivity index (χ0v) is 11.6. The number of likely N-dealkylation sites (tertiary alicyclic amines) is 1. The molecule has 1 spiro atoms. The molecule has 0 saturated carbocycles. The Kier molecular flexibility index (Phi) is 3.41. The van der Waals surface area contributed by atoms with Gasteiger partial charge in [0.25, 0.3) is 0 Å². The Morgan fingerprint density at radius 2 is 2.11 bits per heavy atom. The number of aromatic nitrogens is 2. The van der Waals surface area contributed by atoms with Crippen molar-refractivity contribution in [2.45, 2.75) is 44.4 Å². The Morgan fingerprint density at radius 3 is 2.79 bits per heavy atom. The predicted octanol–water partition coefficient (Wildman–Crippen LogP) is 1.50. The van der Waals surface area contributed by atoms with Crippen molar-refractivity contribution in [2.75, 3.05) is 19.7 Å². The van der Waals surface area contributed by atoms with Crippen molar-refractivity contribution in [1.29, 1.82) is 0 Å². The molecule has 3 heterocycles. The molecule has 5 heteroatoms. The standard InChI is InChI=1S/C14H21N3O2/c1-11(2)17-9-14(10-17)8-12(4-7-18-14)19-13-15-5-3-6-16-13/h3,5-6,11-12H,4,7-10H2,1-2H3/t12-/m0/s1. The van der Waals surface area contributed by atoms with Gasteiger partial charge in [-0.25, -0.2) is 9.97 Å². The Labute approximate surface area is 113 Å². The molecule has 0 amide bonds. The van der Waals surface area contributed by atoms with Gasteiger partial charge in [0, 0.05) is 44.4 Å². The van der Waals surface area contributed by atoms with Crippen LogP contribution in [0.2, 0.25) is 0 Å². The smallest absolute Gasteiger partial charge is 0.316 e. The van der Waals surface area contributed by atoms with Crippen LogP contribution in [0.4, 0.5) is 0 Å². The van der Waals surface area contributed by atoms with E-state index in [1.54, 1.807) is 18.5 Å². The first-order valence-electron chi connectivity index (χ1n) is 6.99. The van der Waals surface area contributed by atoms with E-state index in [9.17, 15) is 0 Å². The highest BCUT2D eigenvalue weighted by Crippen LogP contribution is 2.36. The Balaban J connectivity index is 1.57. The van der Waals surface area contributed by atoms with E-state index in [4.69, 9.17) is 9.47 Å². The first kappa shape index (κ1) is 12.8. The van der Waals surface area contributed by atoms with Crippen LogP contribution in [0.5, 0.6) is 6.01 Å². The van der Waals surface area contributed by atoms with Gasteiger partial charge in [-0.1, -0.05) is 0 Å². The molecule has 0 aliphatic carbocycles. The molecular weight excluding hydrogens is 242 g/mol. The van der Waals surface area contributed by atoms with E-state index in [1.165, 1.54) is 0 Å². The predicted molar refractivity (Wildman–Crippen MR) is 71.1 cm³/mol. The molecule has 104 valence electrons. The molecule has 0 radical (unpaired) electrons. The molecule has 2 saturated heterocycles. The number of hydrogen-bond donors (Lipinski definition) is 0. The molecule has 2 fully saturated rings. The summed E-state index contributed by atoms with van der Waals surface area (Å²) in [5.74, 6) is 0. The second-order valence-corrected chi connectivity index (χ2v) is 5.79. The highest BCUT2D eigenvalue weighted by molar-refractivity contribution is 5.03. The lowest BCUT2D eigenvalue weighted by Gasteiger charge is -2.54. The third-order valence-corrected chi connectivity index (χ3v) is 3.97. The molecule has 2 aliphatic rings. The zero-order valence-electron chi connectivity index (χ0n) is 11.6. The van der Waals surface area contributed by atoms with Gasteiger partial charge in [0.1, 0.15) is 6.10 Å². The van der Waals surface area contributed by atoms with Crippen LogP contribution in [0.15, 0.2) is 18.5 Å². The van der Waals surface area contributed by atoms with Crippen molar-refractivity contribution in [1.82, 2.24) is 14.9 Å². The van der Waals surface area contributed by atoms with Gasteiger partial charge in [0.2, 0.25) is 0 Å². The molecule has 2 aliphatic heterocycles. The van der Waals surface area contributed by atoms with Gasteiger partial charge in [-0.05, 0) is 19.9 Å². The average Bonchev–Trinajstić information content (AvgIpc) is 2.37. The van der Waals surface area contributed by atoms with E-state index in [0.717, 1.165) is 32.5 Å². The normalized spacial score (nSPS) is 26.4. The number of rotatable bonds is 3. The Bertz CT molecular complexity index is 418. The maximum absolute atomic E-state index is 5.99. The van der Waals surface area contributed by atoms with Crippen molar-refractivity contribution < 1.29 is 9.47 Å². The highest BCUT2D eigenvalue weighted by Gasteiger charge is 2.48. The Hall–Kier alpha value is -1.20. The van der Waals surface area contributed by atoms with Crippen molar-refractivity contribution in [2.24, 2.45) is 0 Å². The number of hydrogen-bond acceptors (Lipinski definition) is 5. The van der Waals surface area contributed by atoms with Crippen molar-refractivity contribution in [3.8, 4) is 6.01 Å². The molecule has 0 bridgehead atoms. The van der Waals surface area contributed by atoms with Gasteiger partial charge in [-0.3, -0.25) is 4.90 Å². The third-order valence-electron chi connectivity index (χ3n) is 3.97. The summed E-state index contributed by atoms with van der Waals surface area (Å²) >= 11 is 0. The third kappa shape index (κ3) is 2.72. The van der Waals surface area contributed by atoms with Crippen LogP contribution in [0.1, 0.15) is 26.7 Å². The molecule has 1 aromatic heterocycles. The monoisotopic (exact) mass is 263 g/mol. The Morgan fingerprint density at radius 1 is 1.37 bits per heavy atom. The fraction of sp³-hybridized carbons (Fsp3) is 0.714. The van der Waals surface area contributed by atoms with Crippen molar-refractivity contribution in [3.05, 3.63) is 18.5 Å². The highest BCUT2D eigenvalue weighted by atomic mass is 16.5. The summed E-state index contributed by atoms with van der Waals surface area (Å²) < 4.78 is 11.8. The molecule has 1 atom stereocenters. The van der Waals surface area contributed by atoms with E-state index in [2.05, 4.69) is 28.7 Å². The molecule has 5 nitrogen and oxygen atoms in total. The van der Waals surface area contributed by atoms with Crippen molar-refractivity contribution >= 4 is 0 Å². The summed E-state index contributed by atoms with van der Waals surface area (Å²) in [6.07, 6.45) is 5.45. The van der Waals surface area contributed by atoms with E-state index >= 15 is 0 Å². The fourth-order valence-corrected chi connectivity index (χ4v) is 2.86. The summed E-state index contributed by atoms with van der Waals surface area (Å²) in [5, 5.41) is 0. The number of ether oxygens (including phenoxy) is 2. The molecule has 0 N–H and O–H groups in total. The second kappa shape index (κ2) is 5.06. The molecule has 3 rings (SSSR count). The first-order chi connectivity index (χ1) is 9.17. The maximum atomic E-state index is 5.99. The van der Waals surface area contributed by atoms with Crippen LogP contribution in [-0.2, 0) is 4.74 Å². The topological polar surface area (TPSA) is 47.5 Å². The van der Waals surface area contributed by atoms with Crippen molar-refractivity contribution in [3.63, 3.8) is 0 Å². The molecule has 1 aromatic rings. The largest absolute Gasteiger partial charge is 0.460 e. The van der Waals surface area contributed by atoms with Crippen LogP contribution in [-0.4, -0.2) is 52.3 Å². The zero-order chi connectivity index (χ0) is 13.3. The molecule has 0 unspecified atom stereocenters. The SMILES string of the molecule is CC(C)N1CC2(C[C@@H](Oc3ncccn3)CCO2)C1. The van der Waals surface area contributed by atoms with E-state index in [0.29, 0.717) is 12.1 Å². The minimum atomic E-state index is 0.00195. The minimum Gasteiger partial charge on any atom is -0.460 e. The van der Waals surface area contributed by atoms with Gasteiger partial charge in [-0.2, -0.15) is 0 Å². The summed E-state index contributed by atoms with van der Waals surface area (Å²) in [7, 11) is 0. The first-order valence-corrected chi connectivity index (χ1v) is 6.99. The van der Waals surface area contributed by atoms with E-state index < -0.39 is 0 Å². The summed E-state index contributed by atoms with van der Waals surface area (Å²) in [6, 6.07) is 2.86. The fourth-order valence-electron chi connectivity index (χ4n) is 2.86. The summed E-state index contributed by atoms with van der Waals surface area (Å²) in [6.45, 7) is 7.24. The van der Waals surface area contributed by atoms with Gasteiger partial charge in [0.05, 0.1) is 12.2 Å². The molecule has 0 aromatic carbocycles. The molecule has 19 heavy (non-hydrogen) atoms. The lowest BCUT2D eigenvalue weighted by Crippen LogP contribution is -2.67. The van der Waals surface area contributed by atoms with Crippen LogP contribution in [0, 0.1) is 0 Å². The van der Waals surface area contributed by atoms with Crippen LogP contribution >= 0.6 is 0 Å². The lowest BCUT2D eigenvalue weighted by atomic mass is 9.84. The average molecular weight is 263 g/mol. The van der Waals surface area contributed by atoms with Gasteiger partial charge in [-0.15, -0.1) is 0 Å². The van der Waals surface area contributed by atoms with Gasteiger partial charge < -0.3 is 9.47 Å². The minimum absolute atomic E-state index is 0.00195. The van der Waals surface area contributed by atoms with Gasteiger partial charge >= 0.3 is 6.01 Å². The summed E-state index contributed by atoms with van der Waals surface area (Å²) in [5.41, 5.74) is 0.00195. The van der Waals surface area contributed by atoms with Gasteiger partial charge in [0.15, 0.2) is 0 Å². The quantitative estimate of drug-likeness (QED) is 0.827. The van der Waals surface area contributed by atoms with Crippen LogP contribution < -0.4 is 4.74 Å². The molecular formula is C14H21N3O2. The number of nitrogens with zero attached hydrogens (tertiary/aromatic N) is 3. The maximum Gasteiger partial charge on any atom is 0.316 e. The second-order valence-electron chi connectivity index (χ2n) is 5.79. The van der Waals surface area contributed by atoms with E-state index in [1.807, 2.05) is 0 Å². The van der Waals surface area contributed by atoms with Crippen LogP contribution in [0.3, 0.4) is 0 Å². The summed E-state index contributed by atoms with van der Waals surface area (Å²) in [4.78, 5) is 10.7. The van der Waals surface area contributed by atoms with Crippen LogP contribution in [0.25, 0.3) is 0 Å². The lowest BCUT2D eigenvalue weighted by molar-refractivity contribution is -0.192.